The van der Waals surface area contributed by atoms with E-state index in [0.29, 0.717) is 0 Å². The topological polar surface area (TPSA) is 0 Å². The van der Waals surface area contributed by atoms with E-state index in [-0.39, 0.29) is 0 Å². The zero-order valence-electron chi connectivity index (χ0n) is 15.3. The normalized spacial score (nSPS) is 11.3. The van der Waals surface area contributed by atoms with Gasteiger partial charge in [-0.05, 0) is 56.9 Å². The van der Waals surface area contributed by atoms with Gasteiger partial charge in [-0.2, -0.15) is 0 Å². The molecule has 0 aromatic carbocycles. The van der Waals surface area contributed by atoms with Crippen molar-refractivity contribution < 1.29 is 0 Å². The first kappa shape index (κ1) is 18.7. The van der Waals surface area contributed by atoms with Gasteiger partial charge in [-0.1, -0.05) is 51.9 Å². The Labute approximate surface area is 151 Å². The zero-order chi connectivity index (χ0) is 16.7. The molecule has 2 heterocycles. The van der Waals surface area contributed by atoms with Gasteiger partial charge in [0.2, 0.25) is 0 Å². The summed E-state index contributed by atoms with van der Waals surface area (Å²) >= 11 is 3.94. The molecule has 2 aromatic heterocycles. The second kappa shape index (κ2) is 9.64. The highest BCUT2D eigenvalue weighted by Gasteiger charge is 2.12. The molecular formula is C21H32S2. The van der Waals surface area contributed by atoms with E-state index < -0.39 is 0 Å². The van der Waals surface area contributed by atoms with Crippen molar-refractivity contribution >= 4 is 22.7 Å². The summed E-state index contributed by atoms with van der Waals surface area (Å²) < 4.78 is 0. The number of hydrogen-bond acceptors (Lipinski definition) is 2. The molecule has 23 heavy (non-hydrogen) atoms. The minimum Gasteiger partial charge on any atom is -0.139 e. The van der Waals surface area contributed by atoms with E-state index in [1.165, 1.54) is 82.9 Å². The Morgan fingerprint density at radius 1 is 0.783 bits per heavy atom. The Morgan fingerprint density at radius 2 is 1.43 bits per heavy atom. The Kier molecular flexibility index (Phi) is 7.85. The van der Waals surface area contributed by atoms with E-state index in [1.807, 2.05) is 22.7 Å². The van der Waals surface area contributed by atoms with Crippen molar-refractivity contribution in [1.82, 2.24) is 0 Å². The van der Waals surface area contributed by atoms with Crippen molar-refractivity contribution in [3.05, 3.63) is 33.0 Å². The quantitative estimate of drug-likeness (QED) is 0.381. The first-order valence-electron chi connectivity index (χ1n) is 9.28. The lowest BCUT2D eigenvalue weighted by Crippen LogP contribution is -1.86. The summed E-state index contributed by atoms with van der Waals surface area (Å²) in [6, 6.07) is 4.80. The van der Waals surface area contributed by atoms with E-state index >= 15 is 0 Å². The number of rotatable bonds is 10. The Bertz CT molecular complexity index is 570. The SMILES string of the molecule is CCCCCCCCCCc1cc(C)sc1-c1cc(C)c(C)s1. The molecular weight excluding hydrogens is 316 g/mol. The number of aryl methyl sites for hydroxylation is 4. The second-order valence-electron chi connectivity index (χ2n) is 6.79. The van der Waals surface area contributed by atoms with Crippen LogP contribution in [0.25, 0.3) is 9.75 Å². The number of thiophene rings is 2. The van der Waals surface area contributed by atoms with E-state index in [4.69, 9.17) is 0 Å². The van der Waals surface area contributed by atoms with Crippen molar-refractivity contribution in [3.8, 4) is 9.75 Å². The predicted molar refractivity (Wildman–Crippen MR) is 108 cm³/mol. The summed E-state index contributed by atoms with van der Waals surface area (Å²) in [6.45, 7) is 9.01. The molecule has 0 N–H and O–H groups in total. The smallest absolute Gasteiger partial charge is 0.0477 e. The van der Waals surface area contributed by atoms with Crippen LogP contribution in [0.2, 0.25) is 0 Å². The van der Waals surface area contributed by atoms with Gasteiger partial charge in [0, 0.05) is 19.5 Å². The average molecular weight is 349 g/mol. The molecule has 0 aliphatic rings. The molecule has 0 unspecified atom stereocenters. The van der Waals surface area contributed by atoms with E-state index in [1.54, 1.807) is 5.56 Å². The van der Waals surface area contributed by atoms with Crippen LogP contribution in [0.15, 0.2) is 12.1 Å². The maximum atomic E-state index is 2.42. The standard InChI is InChI=1S/C21H32S2/c1-5-6-7-8-9-10-11-12-13-19-15-17(3)22-21(19)20-14-16(2)18(4)23-20/h14-15H,5-13H2,1-4H3. The third-order valence-electron chi connectivity index (χ3n) is 4.62. The second-order valence-corrected chi connectivity index (χ2v) is 9.30. The van der Waals surface area contributed by atoms with Crippen molar-refractivity contribution in [1.29, 1.82) is 0 Å². The first-order valence-corrected chi connectivity index (χ1v) is 10.9. The Hall–Kier alpha value is -0.600. The molecule has 2 heteroatoms. The first-order chi connectivity index (χ1) is 11.1. The van der Waals surface area contributed by atoms with Gasteiger partial charge in [0.15, 0.2) is 0 Å². The fraction of sp³-hybridized carbons (Fsp3) is 0.619. The van der Waals surface area contributed by atoms with Gasteiger partial charge in [-0.15, -0.1) is 22.7 Å². The minimum atomic E-state index is 1.25. The maximum absolute atomic E-state index is 2.42. The highest BCUT2D eigenvalue weighted by molar-refractivity contribution is 7.22. The van der Waals surface area contributed by atoms with Gasteiger partial charge < -0.3 is 0 Å². The molecule has 0 radical (unpaired) electrons. The van der Waals surface area contributed by atoms with Gasteiger partial charge in [0.1, 0.15) is 0 Å². The molecule has 0 saturated heterocycles. The molecule has 0 amide bonds. The average Bonchev–Trinajstić information content (AvgIpc) is 3.05. The van der Waals surface area contributed by atoms with Gasteiger partial charge in [-0.25, -0.2) is 0 Å². The van der Waals surface area contributed by atoms with Crippen LogP contribution >= 0.6 is 22.7 Å². The molecule has 2 aromatic rings. The fourth-order valence-corrected chi connectivity index (χ4v) is 5.33. The molecule has 2 rings (SSSR count). The molecule has 0 fully saturated rings. The van der Waals surface area contributed by atoms with Crippen molar-refractivity contribution in [3.63, 3.8) is 0 Å². The van der Waals surface area contributed by atoms with Crippen LogP contribution in [0, 0.1) is 20.8 Å². The minimum absolute atomic E-state index is 1.25. The lowest BCUT2D eigenvalue weighted by atomic mass is 10.0. The lowest BCUT2D eigenvalue weighted by Gasteiger charge is -2.03. The lowest BCUT2D eigenvalue weighted by molar-refractivity contribution is 0.576. The molecule has 0 nitrogen and oxygen atoms in total. The van der Waals surface area contributed by atoms with Crippen LogP contribution in [0.4, 0.5) is 0 Å². The van der Waals surface area contributed by atoms with E-state index in [2.05, 4.69) is 39.8 Å². The van der Waals surface area contributed by atoms with Gasteiger partial charge >= 0.3 is 0 Å². The van der Waals surface area contributed by atoms with Crippen LogP contribution in [0.3, 0.4) is 0 Å². The molecule has 0 spiro atoms. The van der Waals surface area contributed by atoms with Crippen LogP contribution in [0.5, 0.6) is 0 Å². The third kappa shape index (κ3) is 5.76. The van der Waals surface area contributed by atoms with Crippen LogP contribution in [0.1, 0.15) is 79.2 Å². The Morgan fingerprint density at radius 3 is 2.04 bits per heavy atom. The monoisotopic (exact) mass is 348 g/mol. The summed E-state index contributed by atoms with van der Waals surface area (Å²) in [5.74, 6) is 0. The van der Waals surface area contributed by atoms with Crippen molar-refractivity contribution in [2.24, 2.45) is 0 Å². The molecule has 0 bridgehead atoms. The summed E-state index contributed by atoms with van der Waals surface area (Å²) in [6.07, 6.45) is 12.5. The maximum Gasteiger partial charge on any atom is 0.0477 e. The van der Waals surface area contributed by atoms with Crippen LogP contribution in [-0.2, 0) is 6.42 Å². The van der Waals surface area contributed by atoms with Gasteiger partial charge in [0.25, 0.3) is 0 Å². The number of unbranched alkanes of at least 4 members (excludes halogenated alkanes) is 7. The molecule has 0 saturated carbocycles. The highest BCUT2D eigenvalue weighted by Crippen LogP contribution is 2.38. The Balaban J connectivity index is 1.82. The van der Waals surface area contributed by atoms with Crippen molar-refractivity contribution in [2.75, 3.05) is 0 Å². The van der Waals surface area contributed by atoms with E-state index in [0.717, 1.165) is 0 Å². The molecule has 0 aliphatic heterocycles. The van der Waals surface area contributed by atoms with Crippen LogP contribution in [-0.4, -0.2) is 0 Å². The summed E-state index contributed by atoms with van der Waals surface area (Å²) in [5, 5.41) is 0. The summed E-state index contributed by atoms with van der Waals surface area (Å²) in [5.41, 5.74) is 3.02. The van der Waals surface area contributed by atoms with E-state index in [9.17, 15) is 0 Å². The highest BCUT2D eigenvalue weighted by atomic mass is 32.1. The fourth-order valence-electron chi connectivity index (χ4n) is 3.10. The summed E-state index contributed by atoms with van der Waals surface area (Å²) in [4.78, 5) is 5.93. The predicted octanol–water partition coefficient (Wildman–Crippen LogP) is 8.09. The molecule has 0 aliphatic carbocycles. The molecule has 0 atom stereocenters. The number of hydrogen-bond donors (Lipinski definition) is 0. The third-order valence-corrected chi connectivity index (χ3v) is 7.05. The van der Waals surface area contributed by atoms with Gasteiger partial charge in [-0.3, -0.25) is 0 Å². The van der Waals surface area contributed by atoms with Crippen molar-refractivity contribution in [2.45, 2.75) is 85.5 Å². The molecule has 128 valence electrons. The zero-order valence-corrected chi connectivity index (χ0v) is 17.0. The largest absolute Gasteiger partial charge is 0.139 e. The van der Waals surface area contributed by atoms with Gasteiger partial charge in [0.05, 0.1) is 0 Å². The van der Waals surface area contributed by atoms with Crippen LogP contribution < -0.4 is 0 Å². The summed E-state index contributed by atoms with van der Waals surface area (Å²) in [7, 11) is 0.